The van der Waals surface area contributed by atoms with Crippen LogP contribution >= 0.6 is 0 Å². The number of carbonyl (C=O) groups is 1. The fourth-order valence-electron chi connectivity index (χ4n) is 1.87. The molecule has 1 heterocycles. The summed E-state index contributed by atoms with van der Waals surface area (Å²) in [5.74, 6) is -0.346. The van der Waals surface area contributed by atoms with Crippen molar-refractivity contribution in [3.05, 3.63) is 30.0 Å². The number of hydrogen-bond acceptors (Lipinski definition) is 4. The average Bonchev–Trinajstić information content (AvgIpc) is 2.44. The van der Waals surface area contributed by atoms with E-state index in [1.165, 1.54) is 0 Å². The van der Waals surface area contributed by atoms with Crippen LogP contribution in [-0.2, 0) is 0 Å². The molecule has 0 spiro atoms. The van der Waals surface area contributed by atoms with E-state index in [1.807, 2.05) is 11.9 Å². The molecule has 0 radical (unpaired) electrons. The molecule has 0 aliphatic heterocycles. The second-order valence-electron chi connectivity index (χ2n) is 4.58. The van der Waals surface area contributed by atoms with E-state index in [0.29, 0.717) is 22.9 Å². The molecule has 0 amide bonds. The summed E-state index contributed by atoms with van der Waals surface area (Å²) in [6, 6.07) is 5.40. The maximum Gasteiger partial charge on any atom is 0.336 e. The first-order valence-corrected chi connectivity index (χ1v) is 6.26. The van der Waals surface area contributed by atoms with E-state index in [9.17, 15) is 4.79 Å². The van der Waals surface area contributed by atoms with E-state index in [0.717, 1.165) is 6.42 Å². The highest BCUT2D eigenvalue weighted by atomic mass is 16.4. The van der Waals surface area contributed by atoms with Crippen LogP contribution in [0.25, 0.3) is 10.9 Å². The van der Waals surface area contributed by atoms with Crippen molar-refractivity contribution in [1.82, 2.24) is 9.97 Å². The predicted octanol–water partition coefficient (Wildman–Crippen LogP) is 2.56. The first-order valence-electron chi connectivity index (χ1n) is 6.26. The molecule has 19 heavy (non-hydrogen) atoms. The second-order valence-corrected chi connectivity index (χ2v) is 4.58. The fraction of sp³-hybridized carbons (Fsp3) is 0.357. The third-order valence-corrected chi connectivity index (χ3v) is 3.41. The van der Waals surface area contributed by atoms with Crippen LogP contribution in [0.1, 0.15) is 30.6 Å². The normalized spacial score (nSPS) is 12.4. The van der Waals surface area contributed by atoms with E-state index in [-0.39, 0.29) is 5.56 Å². The zero-order chi connectivity index (χ0) is 14.0. The summed E-state index contributed by atoms with van der Waals surface area (Å²) in [7, 11) is 1.94. The summed E-state index contributed by atoms with van der Waals surface area (Å²) >= 11 is 0. The minimum absolute atomic E-state index is 0.232. The number of anilines is 1. The molecule has 0 saturated carbocycles. The van der Waals surface area contributed by atoms with Crippen LogP contribution < -0.4 is 4.90 Å². The van der Waals surface area contributed by atoms with Gasteiger partial charge in [-0.1, -0.05) is 13.0 Å². The largest absolute Gasteiger partial charge is 0.478 e. The molecular formula is C14H17N3O2. The Morgan fingerprint density at radius 1 is 1.47 bits per heavy atom. The quantitative estimate of drug-likeness (QED) is 0.914. The van der Waals surface area contributed by atoms with Crippen LogP contribution in [0.4, 0.5) is 5.95 Å². The lowest BCUT2D eigenvalue weighted by Crippen LogP contribution is -2.29. The summed E-state index contributed by atoms with van der Waals surface area (Å²) < 4.78 is 0. The van der Waals surface area contributed by atoms with Gasteiger partial charge in [-0.3, -0.25) is 0 Å². The molecule has 1 unspecified atom stereocenters. The van der Waals surface area contributed by atoms with Crippen molar-refractivity contribution < 1.29 is 9.90 Å². The lowest BCUT2D eigenvalue weighted by Gasteiger charge is -2.23. The standard InChI is InChI=1S/C14H17N3O2/c1-4-9(2)17(3)14-15-8-11-10(13(18)19)6-5-7-12(11)16-14/h5-9H,4H2,1-3H3,(H,18,19). The molecule has 2 aromatic rings. The molecule has 2 rings (SSSR count). The number of carboxylic acids is 1. The molecule has 1 aromatic heterocycles. The van der Waals surface area contributed by atoms with E-state index in [1.54, 1.807) is 24.4 Å². The monoisotopic (exact) mass is 259 g/mol. The molecule has 0 fully saturated rings. The Balaban J connectivity index is 2.50. The number of nitrogens with zero attached hydrogens (tertiary/aromatic N) is 3. The van der Waals surface area contributed by atoms with E-state index in [4.69, 9.17) is 5.11 Å². The Hall–Kier alpha value is -2.17. The number of fused-ring (bicyclic) bond motifs is 1. The molecule has 1 aromatic carbocycles. The van der Waals surface area contributed by atoms with Crippen LogP contribution in [-0.4, -0.2) is 34.1 Å². The maximum atomic E-state index is 11.1. The van der Waals surface area contributed by atoms with Gasteiger partial charge in [0.1, 0.15) is 0 Å². The van der Waals surface area contributed by atoms with Gasteiger partial charge in [-0.25, -0.2) is 14.8 Å². The number of carboxylic acid groups (broad SMARTS) is 1. The van der Waals surface area contributed by atoms with Crippen molar-refractivity contribution in [2.45, 2.75) is 26.3 Å². The van der Waals surface area contributed by atoms with Crippen LogP contribution in [0, 0.1) is 0 Å². The highest BCUT2D eigenvalue weighted by Crippen LogP contribution is 2.20. The Labute approximate surface area is 111 Å². The third kappa shape index (κ3) is 2.50. The molecule has 100 valence electrons. The zero-order valence-electron chi connectivity index (χ0n) is 11.3. The molecule has 1 N–H and O–H groups in total. The zero-order valence-corrected chi connectivity index (χ0v) is 11.3. The molecule has 0 saturated heterocycles. The Kier molecular flexibility index (Phi) is 3.64. The fourth-order valence-corrected chi connectivity index (χ4v) is 1.87. The van der Waals surface area contributed by atoms with Gasteiger partial charge in [0.15, 0.2) is 0 Å². The molecule has 1 atom stereocenters. The van der Waals surface area contributed by atoms with Gasteiger partial charge in [-0.15, -0.1) is 0 Å². The Bertz CT molecular complexity index is 613. The minimum Gasteiger partial charge on any atom is -0.478 e. The van der Waals surface area contributed by atoms with Crippen LogP contribution in [0.5, 0.6) is 0 Å². The first-order chi connectivity index (χ1) is 9.04. The van der Waals surface area contributed by atoms with E-state index in [2.05, 4.69) is 23.8 Å². The second kappa shape index (κ2) is 5.22. The average molecular weight is 259 g/mol. The van der Waals surface area contributed by atoms with Crippen LogP contribution in [0.3, 0.4) is 0 Å². The summed E-state index contributed by atoms with van der Waals surface area (Å²) in [5, 5.41) is 9.69. The van der Waals surface area contributed by atoms with Gasteiger partial charge < -0.3 is 10.0 Å². The molecule has 0 aliphatic carbocycles. The lowest BCUT2D eigenvalue weighted by molar-refractivity contribution is 0.0699. The smallest absolute Gasteiger partial charge is 0.336 e. The molecule has 5 heteroatoms. The van der Waals surface area contributed by atoms with Crippen molar-refractivity contribution >= 4 is 22.8 Å². The number of aromatic carboxylic acids is 1. The van der Waals surface area contributed by atoms with E-state index < -0.39 is 5.97 Å². The van der Waals surface area contributed by atoms with Crippen LogP contribution in [0.2, 0.25) is 0 Å². The van der Waals surface area contributed by atoms with Gasteiger partial charge in [0.2, 0.25) is 5.95 Å². The molecule has 0 bridgehead atoms. The number of hydrogen-bond donors (Lipinski definition) is 1. The summed E-state index contributed by atoms with van der Waals surface area (Å²) in [6.07, 6.45) is 2.58. The first kappa shape index (κ1) is 13.3. The van der Waals surface area contributed by atoms with Gasteiger partial charge in [0, 0.05) is 24.7 Å². The Morgan fingerprint density at radius 3 is 2.84 bits per heavy atom. The summed E-state index contributed by atoms with van der Waals surface area (Å²) in [6.45, 7) is 4.20. The number of rotatable bonds is 4. The van der Waals surface area contributed by atoms with Crippen molar-refractivity contribution in [2.75, 3.05) is 11.9 Å². The summed E-state index contributed by atoms with van der Waals surface area (Å²) in [4.78, 5) is 21.8. The number of aromatic nitrogens is 2. The highest BCUT2D eigenvalue weighted by Gasteiger charge is 2.14. The SMILES string of the molecule is CCC(C)N(C)c1ncc2c(C(=O)O)cccc2n1. The van der Waals surface area contributed by atoms with Gasteiger partial charge in [0.05, 0.1) is 11.1 Å². The van der Waals surface area contributed by atoms with Gasteiger partial charge in [0.25, 0.3) is 0 Å². The summed E-state index contributed by atoms with van der Waals surface area (Å²) in [5.41, 5.74) is 0.885. The number of benzene rings is 1. The minimum atomic E-state index is -0.961. The van der Waals surface area contributed by atoms with Crippen molar-refractivity contribution in [2.24, 2.45) is 0 Å². The van der Waals surface area contributed by atoms with Gasteiger partial charge in [-0.2, -0.15) is 0 Å². The van der Waals surface area contributed by atoms with Gasteiger partial charge in [-0.05, 0) is 25.5 Å². The lowest BCUT2D eigenvalue weighted by atomic mass is 10.1. The highest BCUT2D eigenvalue weighted by molar-refractivity contribution is 6.02. The van der Waals surface area contributed by atoms with Crippen molar-refractivity contribution in [3.63, 3.8) is 0 Å². The van der Waals surface area contributed by atoms with Gasteiger partial charge >= 0.3 is 5.97 Å². The topological polar surface area (TPSA) is 66.3 Å². The Morgan fingerprint density at radius 2 is 2.21 bits per heavy atom. The third-order valence-electron chi connectivity index (χ3n) is 3.41. The predicted molar refractivity (Wildman–Crippen MR) is 74.7 cm³/mol. The molecule has 0 aliphatic rings. The van der Waals surface area contributed by atoms with Crippen molar-refractivity contribution in [1.29, 1.82) is 0 Å². The van der Waals surface area contributed by atoms with Crippen LogP contribution in [0.15, 0.2) is 24.4 Å². The molecular weight excluding hydrogens is 242 g/mol. The van der Waals surface area contributed by atoms with Crippen molar-refractivity contribution in [3.8, 4) is 0 Å². The van der Waals surface area contributed by atoms with E-state index >= 15 is 0 Å². The maximum absolute atomic E-state index is 11.1. The molecule has 5 nitrogen and oxygen atoms in total.